The van der Waals surface area contributed by atoms with Gasteiger partial charge in [0.05, 0.1) is 0 Å². The highest BCUT2D eigenvalue weighted by Gasteiger charge is 2.24. The van der Waals surface area contributed by atoms with Crippen LogP contribution in [0, 0.1) is 0 Å². The third-order valence-electron chi connectivity index (χ3n) is 4.20. The van der Waals surface area contributed by atoms with Crippen LogP contribution in [-0.2, 0) is 5.41 Å². The largest absolute Gasteiger partial charge is 0.505 e. The Morgan fingerprint density at radius 3 is 2.24 bits per heavy atom. The average Bonchev–Trinajstić information content (AvgIpc) is 2.97. The van der Waals surface area contributed by atoms with Crippen molar-refractivity contribution in [3.8, 4) is 11.4 Å². The molecule has 0 amide bonds. The van der Waals surface area contributed by atoms with Gasteiger partial charge < -0.3 is 5.11 Å². The van der Waals surface area contributed by atoms with Crippen LogP contribution in [0.3, 0.4) is 0 Å². The Morgan fingerprint density at radius 2 is 1.72 bits per heavy atom. The van der Waals surface area contributed by atoms with Crippen LogP contribution in [0.2, 0.25) is 0 Å². The molecule has 0 aliphatic rings. The maximum Gasteiger partial charge on any atom is 0.162 e. The first-order valence-electron chi connectivity index (χ1n) is 8.54. The number of nitrogens with zero attached hydrogens (tertiary/aromatic N) is 3. The minimum atomic E-state index is -0.312. The standard InChI is InChI=1S/C20H23N3O2/c1-5-8-18(24)13-11-14(20(2,3)4)19(25)17(12-13)23-21-15-9-6-7-10-16(15)22-23/h6-7,9-12,25H,5,8H2,1-4H3. The summed E-state index contributed by atoms with van der Waals surface area (Å²) in [6, 6.07) is 11.0. The van der Waals surface area contributed by atoms with Crippen LogP contribution >= 0.6 is 0 Å². The topological polar surface area (TPSA) is 68.0 Å². The Balaban J connectivity index is 2.23. The number of aromatic hydroxyl groups is 1. The second-order valence-corrected chi connectivity index (χ2v) is 7.29. The van der Waals surface area contributed by atoms with Crippen molar-refractivity contribution in [2.45, 2.75) is 46.0 Å². The third-order valence-corrected chi connectivity index (χ3v) is 4.20. The molecule has 0 spiro atoms. The summed E-state index contributed by atoms with van der Waals surface area (Å²) in [4.78, 5) is 13.9. The second kappa shape index (κ2) is 6.31. The van der Waals surface area contributed by atoms with Gasteiger partial charge in [0.25, 0.3) is 0 Å². The smallest absolute Gasteiger partial charge is 0.162 e. The van der Waals surface area contributed by atoms with Crippen molar-refractivity contribution in [1.82, 2.24) is 15.0 Å². The van der Waals surface area contributed by atoms with E-state index in [2.05, 4.69) is 10.2 Å². The van der Waals surface area contributed by atoms with Crippen LogP contribution < -0.4 is 0 Å². The van der Waals surface area contributed by atoms with Crippen molar-refractivity contribution in [1.29, 1.82) is 0 Å². The normalized spacial score (nSPS) is 11.8. The number of phenols is 1. The van der Waals surface area contributed by atoms with Crippen LogP contribution in [0.25, 0.3) is 16.7 Å². The summed E-state index contributed by atoms with van der Waals surface area (Å²) in [5, 5.41) is 19.7. The first-order valence-corrected chi connectivity index (χ1v) is 8.54. The fraction of sp³-hybridized carbons (Fsp3) is 0.350. The molecule has 2 aromatic carbocycles. The predicted octanol–water partition coefficient (Wildman–Crippen LogP) is 4.41. The van der Waals surface area contributed by atoms with Crippen molar-refractivity contribution in [2.24, 2.45) is 0 Å². The van der Waals surface area contributed by atoms with Gasteiger partial charge in [0, 0.05) is 17.5 Å². The molecule has 3 aromatic rings. The highest BCUT2D eigenvalue weighted by molar-refractivity contribution is 5.97. The number of phenolic OH excluding ortho intramolecular Hbond substituents is 1. The van der Waals surface area contributed by atoms with E-state index in [-0.39, 0.29) is 16.9 Å². The summed E-state index contributed by atoms with van der Waals surface area (Å²) in [5.74, 6) is 0.173. The summed E-state index contributed by atoms with van der Waals surface area (Å²) in [5.41, 5.74) is 2.90. The Labute approximate surface area is 147 Å². The summed E-state index contributed by atoms with van der Waals surface area (Å²) in [6.07, 6.45) is 1.26. The third kappa shape index (κ3) is 3.27. The van der Waals surface area contributed by atoms with E-state index in [0.717, 1.165) is 17.5 Å². The maximum absolute atomic E-state index is 12.5. The fourth-order valence-corrected chi connectivity index (χ4v) is 2.84. The molecule has 0 atom stereocenters. The number of hydrogen-bond acceptors (Lipinski definition) is 4. The lowest BCUT2D eigenvalue weighted by Gasteiger charge is -2.22. The molecule has 0 bridgehead atoms. The fourth-order valence-electron chi connectivity index (χ4n) is 2.84. The highest BCUT2D eigenvalue weighted by Crippen LogP contribution is 2.36. The summed E-state index contributed by atoms with van der Waals surface area (Å²) in [7, 11) is 0. The van der Waals surface area contributed by atoms with E-state index in [0.29, 0.717) is 23.2 Å². The van der Waals surface area contributed by atoms with Crippen LogP contribution in [0.5, 0.6) is 5.75 Å². The van der Waals surface area contributed by atoms with Gasteiger partial charge in [0.2, 0.25) is 0 Å². The Morgan fingerprint density at radius 1 is 1.12 bits per heavy atom. The van der Waals surface area contributed by atoms with Crippen molar-refractivity contribution >= 4 is 16.8 Å². The van der Waals surface area contributed by atoms with E-state index in [4.69, 9.17) is 0 Å². The number of carbonyl (C=O) groups is 1. The van der Waals surface area contributed by atoms with Gasteiger partial charge in [-0.2, -0.15) is 0 Å². The van der Waals surface area contributed by atoms with Crippen molar-refractivity contribution < 1.29 is 9.90 Å². The quantitative estimate of drug-likeness (QED) is 0.716. The molecule has 0 unspecified atom stereocenters. The van der Waals surface area contributed by atoms with E-state index in [1.165, 1.54) is 4.80 Å². The van der Waals surface area contributed by atoms with Gasteiger partial charge in [-0.05, 0) is 36.1 Å². The molecule has 0 saturated carbocycles. The minimum Gasteiger partial charge on any atom is -0.505 e. The van der Waals surface area contributed by atoms with E-state index in [9.17, 15) is 9.90 Å². The minimum absolute atomic E-state index is 0.0611. The molecule has 0 radical (unpaired) electrons. The van der Waals surface area contributed by atoms with Gasteiger partial charge >= 0.3 is 0 Å². The number of rotatable bonds is 4. The van der Waals surface area contributed by atoms with E-state index in [1.54, 1.807) is 12.1 Å². The number of Topliss-reactive ketones (excluding diaryl/α,β-unsaturated/α-hetero) is 1. The lowest BCUT2D eigenvalue weighted by molar-refractivity contribution is 0.0981. The molecule has 1 aromatic heterocycles. The zero-order chi connectivity index (χ0) is 18.2. The highest BCUT2D eigenvalue weighted by atomic mass is 16.3. The molecule has 1 N–H and O–H groups in total. The molecular formula is C20H23N3O2. The number of benzene rings is 2. The summed E-state index contributed by atoms with van der Waals surface area (Å²) in [6.45, 7) is 8.00. The summed E-state index contributed by atoms with van der Waals surface area (Å²) < 4.78 is 0. The first kappa shape index (κ1) is 17.1. The Bertz CT molecular complexity index is 903. The van der Waals surface area contributed by atoms with Gasteiger partial charge in [-0.25, -0.2) is 0 Å². The first-order chi connectivity index (χ1) is 11.8. The lowest BCUT2D eigenvalue weighted by Crippen LogP contribution is -2.15. The molecule has 1 heterocycles. The maximum atomic E-state index is 12.5. The molecule has 3 rings (SSSR count). The number of carbonyl (C=O) groups excluding carboxylic acids is 1. The molecule has 25 heavy (non-hydrogen) atoms. The van der Waals surface area contributed by atoms with Crippen LogP contribution in [0.15, 0.2) is 36.4 Å². The molecule has 0 aliphatic carbocycles. The molecule has 5 heteroatoms. The zero-order valence-electron chi connectivity index (χ0n) is 15.1. The second-order valence-electron chi connectivity index (χ2n) is 7.29. The molecule has 0 saturated heterocycles. The Hall–Kier alpha value is -2.69. The van der Waals surface area contributed by atoms with Crippen LogP contribution in [0.1, 0.15) is 56.5 Å². The van der Waals surface area contributed by atoms with Gasteiger partial charge in [-0.3, -0.25) is 4.79 Å². The van der Waals surface area contributed by atoms with E-state index < -0.39 is 0 Å². The number of aromatic nitrogens is 3. The Kier molecular flexibility index (Phi) is 4.33. The molecule has 130 valence electrons. The van der Waals surface area contributed by atoms with Gasteiger partial charge in [-0.15, -0.1) is 15.0 Å². The number of ketones is 1. The molecule has 5 nitrogen and oxygen atoms in total. The van der Waals surface area contributed by atoms with Gasteiger partial charge in [0.15, 0.2) is 5.78 Å². The average molecular weight is 337 g/mol. The van der Waals surface area contributed by atoms with E-state index in [1.807, 2.05) is 52.0 Å². The molecule has 0 fully saturated rings. The van der Waals surface area contributed by atoms with Gasteiger partial charge in [0.1, 0.15) is 22.5 Å². The van der Waals surface area contributed by atoms with Gasteiger partial charge in [-0.1, -0.05) is 39.8 Å². The monoisotopic (exact) mass is 337 g/mol. The lowest BCUT2D eigenvalue weighted by atomic mass is 9.84. The van der Waals surface area contributed by atoms with Crippen LogP contribution in [0.4, 0.5) is 0 Å². The van der Waals surface area contributed by atoms with Crippen molar-refractivity contribution in [2.75, 3.05) is 0 Å². The number of hydrogen-bond donors (Lipinski definition) is 1. The van der Waals surface area contributed by atoms with Crippen molar-refractivity contribution in [3.63, 3.8) is 0 Å². The molecule has 0 aliphatic heterocycles. The SMILES string of the molecule is CCCC(=O)c1cc(-n2nc3ccccc3n2)c(O)c(C(C)(C)C)c1. The van der Waals surface area contributed by atoms with Crippen LogP contribution in [-0.4, -0.2) is 25.9 Å². The number of fused-ring (bicyclic) bond motifs is 1. The summed E-state index contributed by atoms with van der Waals surface area (Å²) >= 11 is 0. The predicted molar refractivity (Wildman–Crippen MR) is 98.5 cm³/mol. The van der Waals surface area contributed by atoms with E-state index >= 15 is 0 Å². The zero-order valence-corrected chi connectivity index (χ0v) is 15.1. The van der Waals surface area contributed by atoms with Crippen molar-refractivity contribution in [3.05, 3.63) is 47.5 Å². The molecular weight excluding hydrogens is 314 g/mol.